The molecule has 0 bridgehead atoms. The van der Waals surface area contributed by atoms with Crippen molar-refractivity contribution in [3.05, 3.63) is 90.3 Å². The molecule has 0 spiro atoms. The first-order valence-corrected chi connectivity index (χ1v) is 9.61. The molecule has 1 aliphatic heterocycles. The van der Waals surface area contributed by atoms with Crippen LogP contribution in [0.15, 0.2) is 79.0 Å². The average Bonchev–Trinajstić information content (AvgIpc) is 2.76. The fourth-order valence-corrected chi connectivity index (χ4v) is 3.40. The second kappa shape index (κ2) is 8.67. The Morgan fingerprint density at radius 1 is 0.821 bits per heavy atom. The largest absolute Gasteiger partial charge is 0.354 e. The number of nitrogens with zero attached hydrogens (tertiary/aromatic N) is 3. The molecule has 5 heteroatoms. The van der Waals surface area contributed by atoms with Crippen LogP contribution in [0.4, 0.5) is 11.4 Å². The number of nitrogens with one attached hydrogen (secondary N) is 1. The maximum atomic E-state index is 12.8. The number of anilines is 2. The van der Waals surface area contributed by atoms with Crippen LogP contribution in [0.25, 0.3) is 0 Å². The molecule has 5 nitrogen and oxygen atoms in total. The van der Waals surface area contributed by atoms with E-state index >= 15 is 0 Å². The highest BCUT2D eigenvalue weighted by atomic mass is 16.2. The molecule has 1 N–H and O–H groups in total. The zero-order valence-electron chi connectivity index (χ0n) is 15.8. The summed E-state index contributed by atoms with van der Waals surface area (Å²) in [5, 5.41) is 3.28. The number of carbonyl (C=O) groups excluding carboxylic acids is 1. The second-order valence-electron chi connectivity index (χ2n) is 6.98. The molecule has 0 unspecified atom stereocenters. The number of amides is 1. The van der Waals surface area contributed by atoms with Crippen molar-refractivity contribution in [2.45, 2.75) is 6.54 Å². The Hall–Kier alpha value is -3.18. The van der Waals surface area contributed by atoms with Crippen molar-refractivity contribution >= 4 is 17.3 Å². The Kier molecular flexibility index (Phi) is 5.64. The fourth-order valence-electron chi connectivity index (χ4n) is 3.40. The third-order valence-corrected chi connectivity index (χ3v) is 4.95. The third kappa shape index (κ3) is 4.56. The van der Waals surface area contributed by atoms with Crippen molar-refractivity contribution in [1.82, 2.24) is 14.8 Å². The highest BCUT2D eigenvalue weighted by Crippen LogP contribution is 2.16. The molecule has 2 aromatic carbocycles. The van der Waals surface area contributed by atoms with Gasteiger partial charge in [0.05, 0.1) is 11.9 Å². The Balaban J connectivity index is 1.31. The molecule has 28 heavy (non-hydrogen) atoms. The topological polar surface area (TPSA) is 48.5 Å². The van der Waals surface area contributed by atoms with E-state index in [1.54, 1.807) is 12.3 Å². The minimum Gasteiger partial charge on any atom is -0.354 e. The summed E-state index contributed by atoms with van der Waals surface area (Å²) in [6.07, 6.45) is 1.71. The number of hydrogen-bond donors (Lipinski definition) is 1. The van der Waals surface area contributed by atoms with E-state index < -0.39 is 0 Å². The van der Waals surface area contributed by atoms with E-state index in [1.165, 1.54) is 5.56 Å². The Morgan fingerprint density at radius 3 is 2.14 bits per heavy atom. The molecule has 1 saturated heterocycles. The van der Waals surface area contributed by atoms with Crippen LogP contribution in [0.5, 0.6) is 0 Å². The number of aromatic nitrogens is 1. The van der Waals surface area contributed by atoms with Gasteiger partial charge in [-0.15, -0.1) is 0 Å². The Labute approximate surface area is 165 Å². The maximum absolute atomic E-state index is 12.8. The van der Waals surface area contributed by atoms with Crippen molar-refractivity contribution in [2.75, 3.05) is 31.5 Å². The third-order valence-electron chi connectivity index (χ3n) is 4.95. The van der Waals surface area contributed by atoms with E-state index in [4.69, 9.17) is 0 Å². The van der Waals surface area contributed by atoms with Gasteiger partial charge in [0, 0.05) is 38.4 Å². The molecule has 0 saturated carbocycles. The van der Waals surface area contributed by atoms with E-state index in [0.29, 0.717) is 5.69 Å². The summed E-state index contributed by atoms with van der Waals surface area (Å²) in [5.74, 6) is 0.00521. The lowest BCUT2D eigenvalue weighted by Gasteiger charge is -2.34. The number of hydrogen-bond acceptors (Lipinski definition) is 4. The minimum atomic E-state index is 0.00521. The van der Waals surface area contributed by atoms with Crippen LogP contribution >= 0.6 is 0 Å². The zero-order valence-corrected chi connectivity index (χ0v) is 15.8. The van der Waals surface area contributed by atoms with E-state index in [-0.39, 0.29) is 5.91 Å². The first-order valence-electron chi connectivity index (χ1n) is 9.61. The van der Waals surface area contributed by atoms with E-state index in [0.717, 1.165) is 44.1 Å². The van der Waals surface area contributed by atoms with Crippen LogP contribution in [-0.4, -0.2) is 46.9 Å². The van der Waals surface area contributed by atoms with Crippen LogP contribution in [0.1, 0.15) is 16.1 Å². The van der Waals surface area contributed by atoms with Gasteiger partial charge >= 0.3 is 0 Å². The van der Waals surface area contributed by atoms with Gasteiger partial charge in [-0.2, -0.15) is 0 Å². The number of piperazine rings is 1. The smallest absolute Gasteiger partial charge is 0.272 e. The van der Waals surface area contributed by atoms with Gasteiger partial charge in [-0.05, 0) is 29.8 Å². The van der Waals surface area contributed by atoms with Crippen LogP contribution in [0, 0.1) is 0 Å². The number of benzene rings is 2. The van der Waals surface area contributed by atoms with Gasteiger partial charge in [0.2, 0.25) is 0 Å². The molecule has 3 aromatic rings. The van der Waals surface area contributed by atoms with Gasteiger partial charge in [-0.25, -0.2) is 4.98 Å². The predicted octanol–water partition coefficient (Wildman–Crippen LogP) is 3.78. The molecule has 2 heterocycles. The standard InChI is InChI=1S/C23H24N4O/c28-23(22-12-11-21(17-24-22)25-20-9-5-2-6-10-20)27-15-13-26(14-16-27)18-19-7-3-1-4-8-19/h1-12,17,25H,13-16,18H2. The quantitative estimate of drug-likeness (QED) is 0.740. The van der Waals surface area contributed by atoms with E-state index in [1.807, 2.05) is 47.4 Å². The summed E-state index contributed by atoms with van der Waals surface area (Å²) in [6, 6.07) is 24.1. The lowest BCUT2D eigenvalue weighted by atomic mass is 10.2. The molecule has 1 fully saturated rings. The van der Waals surface area contributed by atoms with Crippen molar-refractivity contribution in [1.29, 1.82) is 0 Å². The van der Waals surface area contributed by atoms with Gasteiger partial charge < -0.3 is 10.2 Å². The van der Waals surface area contributed by atoms with Crippen molar-refractivity contribution < 1.29 is 4.79 Å². The molecule has 142 valence electrons. The highest BCUT2D eigenvalue weighted by Gasteiger charge is 2.22. The van der Waals surface area contributed by atoms with Crippen molar-refractivity contribution in [3.63, 3.8) is 0 Å². The van der Waals surface area contributed by atoms with E-state index in [2.05, 4.69) is 39.5 Å². The SMILES string of the molecule is O=C(c1ccc(Nc2ccccc2)cn1)N1CCN(Cc2ccccc2)CC1. The first kappa shape index (κ1) is 18.2. The predicted molar refractivity (Wildman–Crippen MR) is 112 cm³/mol. The Morgan fingerprint density at radius 2 is 1.50 bits per heavy atom. The molecule has 0 radical (unpaired) electrons. The first-order chi connectivity index (χ1) is 13.8. The summed E-state index contributed by atoms with van der Waals surface area (Å²) in [4.78, 5) is 21.4. The summed E-state index contributed by atoms with van der Waals surface area (Å²) in [5.41, 5.74) is 3.67. The Bertz CT molecular complexity index is 889. The number of rotatable bonds is 5. The van der Waals surface area contributed by atoms with Gasteiger partial charge in [-0.3, -0.25) is 9.69 Å². The molecule has 1 aromatic heterocycles. The summed E-state index contributed by atoms with van der Waals surface area (Å²) in [6.45, 7) is 4.16. The van der Waals surface area contributed by atoms with Gasteiger partial charge in [0.1, 0.15) is 5.69 Å². The van der Waals surface area contributed by atoms with Crippen LogP contribution in [0.2, 0.25) is 0 Å². The molecule has 4 rings (SSSR count). The lowest BCUT2D eigenvalue weighted by molar-refractivity contribution is 0.0623. The maximum Gasteiger partial charge on any atom is 0.272 e. The molecule has 1 amide bonds. The fraction of sp³-hybridized carbons (Fsp3) is 0.217. The number of carbonyl (C=O) groups is 1. The molecular formula is C23H24N4O. The van der Waals surface area contributed by atoms with Gasteiger partial charge in [0.25, 0.3) is 5.91 Å². The monoisotopic (exact) mass is 372 g/mol. The zero-order chi connectivity index (χ0) is 19.2. The van der Waals surface area contributed by atoms with Crippen LogP contribution in [-0.2, 0) is 6.54 Å². The lowest BCUT2D eigenvalue weighted by Crippen LogP contribution is -2.48. The summed E-state index contributed by atoms with van der Waals surface area (Å²) >= 11 is 0. The summed E-state index contributed by atoms with van der Waals surface area (Å²) < 4.78 is 0. The second-order valence-corrected chi connectivity index (χ2v) is 6.98. The van der Waals surface area contributed by atoms with Crippen LogP contribution < -0.4 is 5.32 Å². The van der Waals surface area contributed by atoms with E-state index in [9.17, 15) is 4.79 Å². The molecule has 0 atom stereocenters. The van der Waals surface area contributed by atoms with Gasteiger partial charge in [0.15, 0.2) is 0 Å². The summed E-state index contributed by atoms with van der Waals surface area (Å²) in [7, 11) is 0. The van der Waals surface area contributed by atoms with Crippen molar-refractivity contribution in [3.8, 4) is 0 Å². The minimum absolute atomic E-state index is 0.00521. The molecule has 0 aliphatic carbocycles. The molecular weight excluding hydrogens is 348 g/mol. The highest BCUT2D eigenvalue weighted by molar-refractivity contribution is 5.92. The molecule has 1 aliphatic rings. The van der Waals surface area contributed by atoms with Crippen molar-refractivity contribution in [2.24, 2.45) is 0 Å². The number of para-hydroxylation sites is 1. The number of pyridine rings is 1. The van der Waals surface area contributed by atoms with Gasteiger partial charge in [-0.1, -0.05) is 48.5 Å². The van der Waals surface area contributed by atoms with Crippen LogP contribution in [0.3, 0.4) is 0 Å². The normalized spacial score (nSPS) is 14.6. The average molecular weight is 372 g/mol.